The van der Waals surface area contributed by atoms with Crippen molar-refractivity contribution >= 4 is 17.4 Å². The van der Waals surface area contributed by atoms with Crippen LogP contribution in [0.25, 0.3) is 0 Å². The van der Waals surface area contributed by atoms with Gasteiger partial charge in [-0.25, -0.2) is 0 Å². The number of benzene rings is 1. The first-order chi connectivity index (χ1) is 8.13. The monoisotopic (exact) mass is 230 g/mol. The van der Waals surface area contributed by atoms with Crippen molar-refractivity contribution in [2.75, 3.05) is 5.32 Å². The third-order valence-electron chi connectivity index (χ3n) is 3.56. The van der Waals surface area contributed by atoms with Gasteiger partial charge in [0.25, 0.3) is 0 Å². The number of hydrogen-bond acceptors (Lipinski definition) is 3. The molecule has 0 spiro atoms. The fourth-order valence-corrected chi connectivity index (χ4v) is 2.49. The van der Waals surface area contributed by atoms with Crippen LogP contribution in [-0.2, 0) is 11.2 Å². The Labute approximate surface area is 99.2 Å². The van der Waals surface area contributed by atoms with E-state index in [2.05, 4.69) is 5.32 Å². The fourth-order valence-electron chi connectivity index (χ4n) is 2.49. The van der Waals surface area contributed by atoms with Crippen molar-refractivity contribution in [3.05, 3.63) is 29.3 Å². The van der Waals surface area contributed by atoms with Crippen molar-refractivity contribution < 1.29 is 9.59 Å². The Morgan fingerprint density at radius 1 is 1.35 bits per heavy atom. The minimum atomic E-state index is -0.00438. The Kier molecular flexibility index (Phi) is 2.26. The van der Waals surface area contributed by atoms with E-state index in [0.717, 1.165) is 24.1 Å². The van der Waals surface area contributed by atoms with Gasteiger partial charge in [-0.05, 0) is 36.6 Å². The number of nitrogens with two attached hydrogens (primary N) is 1. The summed E-state index contributed by atoms with van der Waals surface area (Å²) in [7, 11) is 0. The maximum atomic E-state index is 12.1. The molecule has 17 heavy (non-hydrogen) atoms. The SMILES string of the molecule is NC1CC(C(=O)c2ccc3c(c2)CC(=O)N3)C1. The standard InChI is InChI=1S/C13H14N2O2/c14-10-4-9(5-10)13(17)7-1-2-11-8(3-7)6-12(16)15-11/h1-3,9-10H,4-6,14H2,(H,15,16). The van der Waals surface area contributed by atoms with E-state index < -0.39 is 0 Å². The zero-order valence-electron chi connectivity index (χ0n) is 9.40. The molecule has 1 aromatic carbocycles. The van der Waals surface area contributed by atoms with Crippen LogP contribution >= 0.6 is 0 Å². The molecular formula is C13H14N2O2. The predicted octanol–water partition coefficient (Wildman–Crippen LogP) is 1.10. The largest absolute Gasteiger partial charge is 0.328 e. The van der Waals surface area contributed by atoms with E-state index in [1.54, 1.807) is 6.07 Å². The van der Waals surface area contributed by atoms with Gasteiger partial charge in [-0.15, -0.1) is 0 Å². The van der Waals surface area contributed by atoms with Gasteiger partial charge in [0.1, 0.15) is 0 Å². The zero-order chi connectivity index (χ0) is 12.0. The van der Waals surface area contributed by atoms with E-state index in [0.29, 0.717) is 12.0 Å². The van der Waals surface area contributed by atoms with Crippen LogP contribution in [0.1, 0.15) is 28.8 Å². The topological polar surface area (TPSA) is 72.2 Å². The maximum absolute atomic E-state index is 12.1. The van der Waals surface area contributed by atoms with Gasteiger partial charge in [0, 0.05) is 23.2 Å². The number of carbonyl (C=O) groups is 2. The van der Waals surface area contributed by atoms with Crippen molar-refractivity contribution in [2.24, 2.45) is 11.7 Å². The molecule has 3 rings (SSSR count). The second kappa shape index (κ2) is 3.67. The second-order valence-corrected chi connectivity index (χ2v) is 4.89. The van der Waals surface area contributed by atoms with Crippen molar-refractivity contribution in [3.8, 4) is 0 Å². The van der Waals surface area contributed by atoms with Gasteiger partial charge in [-0.2, -0.15) is 0 Å². The lowest BCUT2D eigenvalue weighted by Gasteiger charge is -2.31. The molecule has 2 aliphatic rings. The van der Waals surface area contributed by atoms with Gasteiger partial charge in [0.05, 0.1) is 6.42 Å². The molecule has 1 saturated carbocycles. The number of anilines is 1. The lowest BCUT2D eigenvalue weighted by atomic mass is 9.76. The number of fused-ring (bicyclic) bond motifs is 1. The highest BCUT2D eigenvalue weighted by Gasteiger charge is 2.33. The molecule has 1 fully saturated rings. The Morgan fingerprint density at radius 3 is 2.82 bits per heavy atom. The molecule has 1 heterocycles. The van der Waals surface area contributed by atoms with E-state index in [1.165, 1.54) is 0 Å². The molecule has 0 bridgehead atoms. The predicted molar refractivity (Wildman–Crippen MR) is 63.8 cm³/mol. The third kappa shape index (κ3) is 1.74. The normalized spacial score (nSPS) is 26.1. The summed E-state index contributed by atoms with van der Waals surface area (Å²) in [5.41, 5.74) is 8.14. The Hall–Kier alpha value is -1.68. The highest BCUT2D eigenvalue weighted by atomic mass is 16.1. The van der Waals surface area contributed by atoms with Crippen LogP contribution in [0.5, 0.6) is 0 Å². The summed E-state index contributed by atoms with van der Waals surface area (Å²) in [6.07, 6.45) is 1.95. The second-order valence-electron chi connectivity index (χ2n) is 4.89. The maximum Gasteiger partial charge on any atom is 0.228 e. The first-order valence-corrected chi connectivity index (χ1v) is 5.86. The summed E-state index contributed by atoms with van der Waals surface area (Å²) in [5, 5.41) is 2.76. The van der Waals surface area contributed by atoms with Gasteiger partial charge in [-0.3, -0.25) is 9.59 Å². The Morgan fingerprint density at radius 2 is 2.12 bits per heavy atom. The molecule has 0 unspecified atom stereocenters. The van der Waals surface area contributed by atoms with Crippen molar-refractivity contribution in [1.82, 2.24) is 0 Å². The number of Topliss-reactive ketones (excluding diaryl/α,β-unsaturated/α-hetero) is 1. The number of hydrogen-bond donors (Lipinski definition) is 2. The summed E-state index contributed by atoms with van der Waals surface area (Å²) in [5.74, 6) is 0.234. The minimum Gasteiger partial charge on any atom is -0.328 e. The lowest BCUT2D eigenvalue weighted by Crippen LogP contribution is -2.40. The van der Waals surface area contributed by atoms with Crippen LogP contribution in [0.4, 0.5) is 5.69 Å². The van der Waals surface area contributed by atoms with Crippen LogP contribution in [-0.4, -0.2) is 17.7 Å². The highest BCUT2D eigenvalue weighted by Crippen LogP contribution is 2.31. The molecule has 0 atom stereocenters. The smallest absolute Gasteiger partial charge is 0.228 e. The molecule has 1 amide bonds. The third-order valence-corrected chi connectivity index (χ3v) is 3.56. The number of amides is 1. The van der Waals surface area contributed by atoms with Gasteiger partial charge in [0.2, 0.25) is 5.91 Å². The molecule has 4 nitrogen and oxygen atoms in total. The molecule has 88 valence electrons. The van der Waals surface area contributed by atoms with Crippen LogP contribution < -0.4 is 11.1 Å². The minimum absolute atomic E-state index is 0.00438. The quantitative estimate of drug-likeness (QED) is 0.747. The summed E-state index contributed by atoms with van der Waals surface area (Å²) in [4.78, 5) is 23.3. The van der Waals surface area contributed by atoms with Crippen molar-refractivity contribution in [2.45, 2.75) is 25.3 Å². The van der Waals surface area contributed by atoms with Gasteiger partial charge < -0.3 is 11.1 Å². The fraction of sp³-hybridized carbons (Fsp3) is 0.385. The van der Waals surface area contributed by atoms with E-state index in [1.807, 2.05) is 12.1 Å². The average molecular weight is 230 g/mol. The van der Waals surface area contributed by atoms with Gasteiger partial charge >= 0.3 is 0 Å². The van der Waals surface area contributed by atoms with E-state index >= 15 is 0 Å². The van der Waals surface area contributed by atoms with Gasteiger partial charge in [-0.1, -0.05) is 0 Å². The number of ketones is 1. The molecular weight excluding hydrogens is 216 g/mol. The summed E-state index contributed by atoms with van der Waals surface area (Å²) < 4.78 is 0. The molecule has 0 saturated heterocycles. The molecule has 1 aliphatic heterocycles. The van der Waals surface area contributed by atoms with E-state index in [4.69, 9.17) is 5.73 Å². The van der Waals surface area contributed by atoms with E-state index in [-0.39, 0.29) is 23.7 Å². The Balaban J connectivity index is 1.83. The molecule has 1 aliphatic carbocycles. The summed E-state index contributed by atoms with van der Waals surface area (Å²) in [6, 6.07) is 5.61. The van der Waals surface area contributed by atoms with Crippen molar-refractivity contribution in [3.63, 3.8) is 0 Å². The first kappa shape index (κ1) is 10.5. The molecule has 0 aromatic heterocycles. The van der Waals surface area contributed by atoms with Crippen molar-refractivity contribution in [1.29, 1.82) is 0 Å². The molecule has 0 radical (unpaired) electrons. The molecule has 3 N–H and O–H groups in total. The van der Waals surface area contributed by atoms with E-state index in [9.17, 15) is 9.59 Å². The van der Waals surface area contributed by atoms with Crippen LogP contribution in [0.15, 0.2) is 18.2 Å². The highest BCUT2D eigenvalue weighted by molar-refractivity contribution is 6.03. The van der Waals surface area contributed by atoms with Crippen LogP contribution in [0, 0.1) is 5.92 Å². The number of rotatable bonds is 2. The number of nitrogens with one attached hydrogen (secondary N) is 1. The Bertz CT molecular complexity index is 504. The lowest BCUT2D eigenvalue weighted by molar-refractivity contribution is -0.115. The van der Waals surface area contributed by atoms with Crippen LogP contribution in [0.2, 0.25) is 0 Å². The summed E-state index contributed by atoms with van der Waals surface area (Å²) in [6.45, 7) is 0. The van der Waals surface area contributed by atoms with Crippen LogP contribution in [0.3, 0.4) is 0 Å². The van der Waals surface area contributed by atoms with Gasteiger partial charge in [0.15, 0.2) is 5.78 Å². The molecule has 1 aromatic rings. The zero-order valence-corrected chi connectivity index (χ0v) is 9.40. The molecule has 4 heteroatoms. The first-order valence-electron chi connectivity index (χ1n) is 5.86. The average Bonchev–Trinajstić information content (AvgIpc) is 2.62. The number of carbonyl (C=O) groups excluding carboxylic acids is 2. The summed E-state index contributed by atoms with van der Waals surface area (Å²) >= 11 is 0.